The molecule has 0 saturated heterocycles. The van der Waals surface area contributed by atoms with Crippen molar-refractivity contribution < 1.29 is 4.39 Å². The van der Waals surface area contributed by atoms with E-state index in [-0.39, 0.29) is 11.7 Å². The summed E-state index contributed by atoms with van der Waals surface area (Å²) in [5.41, 5.74) is 4.81. The molecule has 2 nitrogen and oxygen atoms in total. The van der Waals surface area contributed by atoms with Crippen molar-refractivity contribution >= 4 is 37.9 Å². The van der Waals surface area contributed by atoms with Gasteiger partial charge in [-0.1, -0.05) is 32.0 Å². The van der Waals surface area contributed by atoms with Gasteiger partial charge in [0.1, 0.15) is 5.82 Å². The minimum Gasteiger partial charge on any atom is -0.232 e. The van der Waals surface area contributed by atoms with E-state index in [9.17, 15) is 4.39 Å². The molecular weight excluding hydrogens is 447 g/mol. The average molecular weight is 464 g/mol. The summed E-state index contributed by atoms with van der Waals surface area (Å²) >= 11 is 6.92. The molecule has 0 radical (unpaired) electrons. The van der Waals surface area contributed by atoms with Gasteiger partial charge in [-0.05, 0) is 80.3 Å². The number of hydrogen-bond acceptors (Lipinski definition) is 1. The Morgan fingerprint density at radius 3 is 2.24 bits per heavy atom. The van der Waals surface area contributed by atoms with Crippen molar-refractivity contribution in [3.05, 3.63) is 75.1 Å². The molecule has 0 spiro atoms. The molecule has 5 heteroatoms. The van der Waals surface area contributed by atoms with Crippen LogP contribution in [0, 0.1) is 5.82 Å². The lowest BCUT2D eigenvalue weighted by Gasteiger charge is -2.09. The van der Waals surface area contributed by atoms with Gasteiger partial charge in [0.15, 0.2) is 0 Å². The Morgan fingerprint density at radius 1 is 1.04 bits per heavy atom. The van der Waals surface area contributed by atoms with Crippen LogP contribution in [-0.4, -0.2) is 9.78 Å². The van der Waals surface area contributed by atoms with Crippen molar-refractivity contribution in [1.29, 1.82) is 0 Å². The molecule has 2 aromatic carbocycles. The zero-order chi connectivity index (χ0) is 18.0. The number of nitrogens with zero attached hydrogens (tertiary/aromatic N) is 2. The van der Waals surface area contributed by atoms with E-state index >= 15 is 0 Å². The van der Waals surface area contributed by atoms with Gasteiger partial charge in [0, 0.05) is 11.1 Å². The van der Waals surface area contributed by atoms with Gasteiger partial charge in [-0.2, -0.15) is 5.10 Å². The monoisotopic (exact) mass is 462 g/mol. The lowest BCUT2D eigenvalue weighted by Crippen LogP contribution is -2.00. The van der Waals surface area contributed by atoms with Gasteiger partial charge < -0.3 is 0 Å². The van der Waals surface area contributed by atoms with Crippen LogP contribution in [0.15, 0.2) is 58.0 Å². The van der Waals surface area contributed by atoms with E-state index in [4.69, 9.17) is 5.10 Å². The molecule has 0 aliphatic carbocycles. The number of rotatable bonds is 4. The molecule has 0 aliphatic rings. The smallest absolute Gasteiger partial charge is 0.123 e. The molecule has 128 valence electrons. The molecule has 0 bridgehead atoms. The van der Waals surface area contributed by atoms with Gasteiger partial charge in [0.2, 0.25) is 0 Å². The van der Waals surface area contributed by atoms with E-state index in [1.165, 1.54) is 12.1 Å². The molecule has 0 aliphatic heterocycles. The van der Waals surface area contributed by atoms with Crippen LogP contribution in [0.25, 0.3) is 23.0 Å². The Morgan fingerprint density at radius 2 is 1.68 bits per heavy atom. The Bertz CT molecular complexity index is 893. The maximum Gasteiger partial charge on any atom is 0.123 e. The molecule has 0 unspecified atom stereocenters. The molecule has 1 aromatic heterocycles. The molecule has 1 heterocycles. The summed E-state index contributed by atoms with van der Waals surface area (Å²) in [4.78, 5) is 0. The summed E-state index contributed by atoms with van der Waals surface area (Å²) < 4.78 is 16.2. The highest BCUT2D eigenvalue weighted by atomic mass is 79.9. The third-order valence-electron chi connectivity index (χ3n) is 3.87. The first-order valence-electron chi connectivity index (χ1n) is 7.94. The number of aromatic nitrogens is 2. The highest BCUT2D eigenvalue weighted by Crippen LogP contribution is 2.35. The first-order chi connectivity index (χ1) is 12.0. The van der Waals surface area contributed by atoms with Crippen molar-refractivity contribution in [1.82, 2.24) is 9.78 Å². The summed E-state index contributed by atoms with van der Waals surface area (Å²) in [5.74, 6) is -0.00728. The summed E-state index contributed by atoms with van der Waals surface area (Å²) in [7, 11) is 0. The highest BCUT2D eigenvalue weighted by Gasteiger charge is 2.21. The topological polar surface area (TPSA) is 17.8 Å². The summed E-state index contributed by atoms with van der Waals surface area (Å²) in [6, 6.07) is 16.5. The van der Waals surface area contributed by atoms with Crippen LogP contribution in [0.4, 0.5) is 4.39 Å². The van der Waals surface area contributed by atoms with Crippen molar-refractivity contribution in [3.63, 3.8) is 0 Å². The second-order valence-electron chi connectivity index (χ2n) is 5.99. The SMILES string of the molecule is CC(C)c1nn(-c2ccccc2)c(-c2ccc(F)cc2)c1C=C(Br)Br. The Hall–Kier alpha value is -1.72. The predicted octanol–water partition coefficient (Wildman–Crippen LogP) is 6.89. The Labute approximate surface area is 163 Å². The zero-order valence-corrected chi connectivity index (χ0v) is 17.1. The van der Waals surface area contributed by atoms with Crippen molar-refractivity contribution in [3.8, 4) is 16.9 Å². The molecular formula is C20H17Br2FN2. The fourth-order valence-corrected chi connectivity index (χ4v) is 3.22. The van der Waals surface area contributed by atoms with E-state index < -0.39 is 0 Å². The van der Waals surface area contributed by atoms with E-state index in [0.29, 0.717) is 0 Å². The normalized spacial score (nSPS) is 11.0. The fraction of sp³-hybridized carbons (Fsp3) is 0.150. The number of para-hydroxylation sites is 1. The third kappa shape index (κ3) is 3.93. The van der Waals surface area contributed by atoms with Gasteiger partial charge in [0.05, 0.1) is 20.5 Å². The molecule has 3 rings (SSSR count). The lowest BCUT2D eigenvalue weighted by molar-refractivity contribution is 0.628. The molecule has 0 N–H and O–H groups in total. The van der Waals surface area contributed by atoms with Crippen LogP contribution in [0.3, 0.4) is 0 Å². The molecule has 0 amide bonds. The zero-order valence-electron chi connectivity index (χ0n) is 13.9. The molecule has 0 fully saturated rings. The van der Waals surface area contributed by atoms with Crippen molar-refractivity contribution in [2.24, 2.45) is 0 Å². The lowest BCUT2D eigenvalue weighted by atomic mass is 10.00. The molecule has 0 atom stereocenters. The van der Waals surface area contributed by atoms with Crippen LogP contribution in [0.5, 0.6) is 0 Å². The molecule has 25 heavy (non-hydrogen) atoms. The summed E-state index contributed by atoms with van der Waals surface area (Å²) in [6.45, 7) is 4.23. The maximum absolute atomic E-state index is 13.4. The first-order valence-corrected chi connectivity index (χ1v) is 9.53. The van der Waals surface area contributed by atoms with Crippen LogP contribution >= 0.6 is 31.9 Å². The van der Waals surface area contributed by atoms with E-state index in [1.54, 1.807) is 12.1 Å². The largest absolute Gasteiger partial charge is 0.232 e. The molecule has 3 aromatic rings. The quantitative estimate of drug-likeness (QED) is 0.411. The maximum atomic E-state index is 13.4. The van der Waals surface area contributed by atoms with Gasteiger partial charge in [0.25, 0.3) is 0 Å². The average Bonchev–Trinajstić information content (AvgIpc) is 2.95. The number of benzene rings is 2. The second-order valence-corrected chi connectivity index (χ2v) is 8.76. The van der Waals surface area contributed by atoms with E-state index in [2.05, 4.69) is 45.7 Å². The van der Waals surface area contributed by atoms with Crippen LogP contribution in [-0.2, 0) is 0 Å². The van der Waals surface area contributed by atoms with Crippen LogP contribution in [0.2, 0.25) is 0 Å². The fourth-order valence-electron chi connectivity index (χ4n) is 2.77. The minimum atomic E-state index is -0.252. The molecule has 0 saturated carbocycles. The first kappa shape index (κ1) is 18.1. The van der Waals surface area contributed by atoms with Gasteiger partial charge >= 0.3 is 0 Å². The second kappa shape index (κ2) is 7.67. The minimum absolute atomic E-state index is 0.245. The third-order valence-corrected chi connectivity index (χ3v) is 4.33. The predicted molar refractivity (Wildman–Crippen MR) is 109 cm³/mol. The van der Waals surface area contributed by atoms with E-state index in [1.807, 2.05) is 41.1 Å². The number of hydrogen-bond donors (Lipinski definition) is 0. The number of halogens is 3. The van der Waals surface area contributed by atoms with Gasteiger partial charge in [-0.15, -0.1) is 0 Å². The standard InChI is InChI=1S/C20H17Br2FN2/c1-13(2)19-17(12-18(21)22)20(14-8-10-15(23)11-9-14)25(24-19)16-6-4-3-5-7-16/h3-13H,1-2H3. The summed E-state index contributed by atoms with van der Waals surface area (Å²) in [5, 5.41) is 4.87. The van der Waals surface area contributed by atoms with E-state index in [0.717, 1.165) is 31.6 Å². The van der Waals surface area contributed by atoms with Crippen LogP contribution in [0.1, 0.15) is 31.0 Å². The van der Waals surface area contributed by atoms with Crippen LogP contribution < -0.4 is 0 Å². The highest BCUT2D eigenvalue weighted by molar-refractivity contribution is 9.28. The Kier molecular flexibility index (Phi) is 5.54. The Balaban J connectivity index is 2.34. The van der Waals surface area contributed by atoms with Gasteiger partial charge in [-0.25, -0.2) is 9.07 Å². The summed E-state index contributed by atoms with van der Waals surface area (Å²) in [6.07, 6.45) is 2.00. The van der Waals surface area contributed by atoms with Gasteiger partial charge in [-0.3, -0.25) is 0 Å². The van der Waals surface area contributed by atoms with Crippen molar-refractivity contribution in [2.75, 3.05) is 0 Å². The van der Waals surface area contributed by atoms with Crippen molar-refractivity contribution in [2.45, 2.75) is 19.8 Å².